The molecule has 2 heterocycles. The molecule has 19 heavy (non-hydrogen) atoms. The summed E-state index contributed by atoms with van der Waals surface area (Å²) in [6.45, 7) is 4.40. The maximum atomic E-state index is 11.9. The number of thiazole rings is 1. The van der Waals surface area contributed by atoms with E-state index in [2.05, 4.69) is 9.97 Å². The molecule has 7 heteroatoms. The van der Waals surface area contributed by atoms with Crippen molar-refractivity contribution in [1.29, 1.82) is 0 Å². The van der Waals surface area contributed by atoms with Crippen molar-refractivity contribution in [2.24, 2.45) is 0 Å². The second-order valence-corrected chi connectivity index (χ2v) is 5.52. The van der Waals surface area contributed by atoms with Gasteiger partial charge in [-0.25, -0.2) is 14.8 Å². The molecule has 0 amide bonds. The van der Waals surface area contributed by atoms with Crippen LogP contribution in [0.1, 0.15) is 24.2 Å². The smallest absolute Gasteiger partial charge is 0.343 e. The minimum Gasteiger partial charge on any atom is -0.491 e. The van der Waals surface area contributed by atoms with Gasteiger partial charge in [0.2, 0.25) is 0 Å². The Morgan fingerprint density at radius 1 is 1.42 bits per heavy atom. The lowest BCUT2D eigenvalue weighted by atomic mass is 10.2. The Bertz CT molecular complexity index is 598. The third-order valence-electron chi connectivity index (χ3n) is 2.32. The minimum atomic E-state index is -0.431. The lowest BCUT2D eigenvalue weighted by Gasteiger charge is -2.09. The molecule has 0 N–H and O–H groups in total. The largest absolute Gasteiger partial charge is 0.491 e. The van der Waals surface area contributed by atoms with Crippen LogP contribution in [0.25, 0.3) is 10.3 Å². The molecular formula is C12H14N2O3S2. The summed E-state index contributed by atoms with van der Waals surface area (Å²) in [4.78, 5) is 21.4. The van der Waals surface area contributed by atoms with Gasteiger partial charge in [-0.2, -0.15) is 0 Å². The van der Waals surface area contributed by atoms with Gasteiger partial charge < -0.3 is 9.47 Å². The Morgan fingerprint density at radius 3 is 2.84 bits per heavy atom. The fraction of sp³-hybridized carbons (Fsp3) is 0.417. The Morgan fingerprint density at radius 2 is 2.21 bits per heavy atom. The van der Waals surface area contributed by atoms with Gasteiger partial charge in [0, 0.05) is 6.20 Å². The van der Waals surface area contributed by atoms with Crippen LogP contribution in [0, 0.1) is 0 Å². The highest BCUT2D eigenvalue weighted by Gasteiger charge is 2.20. The Labute approximate surface area is 119 Å². The van der Waals surface area contributed by atoms with Crippen molar-refractivity contribution in [2.45, 2.75) is 18.2 Å². The van der Waals surface area contributed by atoms with Gasteiger partial charge in [0.25, 0.3) is 0 Å². The predicted molar refractivity (Wildman–Crippen MR) is 76.3 cm³/mol. The number of esters is 1. The van der Waals surface area contributed by atoms with E-state index in [-0.39, 0.29) is 0 Å². The molecule has 0 atom stereocenters. The molecule has 0 fully saturated rings. The average molecular weight is 298 g/mol. The lowest BCUT2D eigenvalue weighted by molar-refractivity contribution is 0.0522. The summed E-state index contributed by atoms with van der Waals surface area (Å²) in [6.07, 6.45) is 3.44. The van der Waals surface area contributed by atoms with E-state index >= 15 is 0 Å². The van der Waals surface area contributed by atoms with Gasteiger partial charge >= 0.3 is 5.97 Å². The van der Waals surface area contributed by atoms with Crippen LogP contribution in [0.15, 0.2) is 10.5 Å². The maximum absolute atomic E-state index is 11.9. The van der Waals surface area contributed by atoms with Crippen molar-refractivity contribution in [3.63, 3.8) is 0 Å². The average Bonchev–Trinajstić information content (AvgIpc) is 2.83. The summed E-state index contributed by atoms with van der Waals surface area (Å²) in [5.41, 5.74) is 0.955. The number of carbonyl (C=O) groups excluding carboxylic acids is 1. The second kappa shape index (κ2) is 6.21. The zero-order valence-corrected chi connectivity index (χ0v) is 12.6. The molecule has 0 aliphatic rings. The number of thioether (sulfide) groups is 1. The van der Waals surface area contributed by atoms with Crippen LogP contribution >= 0.6 is 23.1 Å². The number of pyridine rings is 1. The molecule has 0 aliphatic heterocycles. The standard InChI is InChI=1S/C12H14N2O3S2/c1-4-16-9-7(11(15)17-5-2)6-13-10-8(9)14-12(18-3)19-10/h6H,4-5H2,1-3H3. The molecule has 0 bridgehead atoms. The van der Waals surface area contributed by atoms with E-state index in [0.717, 1.165) is 9.17 Å². The van der Waals surface area contributed by atoms with E-state index in [1.165, 1.54) is 17.5 Å². The van der Waals surface area contributed by atoms with Crippen molar-refractivity contribution in [1.82, 2.24) is 9.97 Å². The number of aromatic nitrogens is 2. The maximum Gasteiger partial charge on any atom is 0.343 e. The number of rotatable bonds is 5. The van der Waals surface area contributed by atoms with Crippen molar-refractivity contribution in [3.8, 4) is 5.75 Å². The summed E-state index contributed by atoms with van der Waals surface area (Å²) >= 11 is 3.02. The molecular weight excluding hydrogens is 284 g/mol. The molecule has 0 spiro atoms. The highest BCUT2D eigenvalue weighted by molar-refractivity contribution is 8.00. The first-order valence-corrected chi connectivity index (χ1v) is 7.88. The van der Waals surface area contributed by atoms with Crippen molar-refractivity contribution >= 4 is 39.4 Å². The first-order chi connectivity index (χ1) is 9.21. The zero-order chi connectivity index (χ0) is 13.8. The molecule has 2 aromatic rings. The van der Waals surface area contributed by atoms with Crippen molar-refractivity contribution in [3.05, 3.63) is 11.8 Å². The van der Waals surface area contributed by atoms with Gasteiger partial charge in [0.15, 0.2) is 10.1 Å². The van der Waals surface area contributed by atoms with E-state index in [4.69, 9.17) is 9.47 Å². The summed E-state index contributed by atoms with van der Waals surface area (Å²) in [6, 6.07) is 0. The molecule has 0 aromatic carbocycles. The Balaban J connectivity index is 2.57. The molecule has 102 valence electrons. The highest BCUT2D eigenvalue weighted by Crippen LogP contribution is 2.34. The van der Waals surface area contributed by atoms with Gasteiger partial charge in [-0.15, -0.1) is 0 Å². The number of carbonyl (C=O) groups is 1. The summed E-state index contributed by atoms with van der Waals surface area (Å²) in [5.74, 6) is 0.0292. The Kier molecular flexibility index (Phi) is 4.60. The third-order valence-corrected chi connectivity index (χ3v) is 4.27. The van der Waals surface area contributed by atoms with Gasteiger partial charge in [0.05, 0.1) is 13.2 Å². The van der Waals surface area contributed by atoms with E-state index in [0.29, 0.717) is 30.0 Å². The first-order valence-electron chi connectivity index (χ1n) is 5.84. The van der Waals surface area contributed by atoms with Crippen LogP contribution in [0.4, 0.5) is 0 Å². The quantitative estimate of drug-likeness (QED) is 0.624. The van der Waals surface area contributed by atoms with Gasteiger partial charge in [-0.3, -0.25) is 0 Å². The van der Waals surface area contributed by atoms with Crippen LogP contribution in [-0.4, -0.2) is 35.4 Å². The van der Waals surface area contributed by atoms with Gasteiger partial charge in [-0.05, 0) is 20.1 Å². The molecule has 0 radical (unpaired) electrons. The number of fused-ring (bicyclic) bond motifs is 1. The first kappa shape index (κ1) is 14.1. The van der Waals surface area contributed by atoms with E-state index in [9.17, 15) is 4.79 Å². The molecule has 0 unspecified atom stereocenters. The summed E-state index contributed by atoms with van der Waals surface area (Å²) in [7, 11) is 0. The molecule has 0 saturated carbocycles. The van der Waals surface area contributed by atoms with Crippen LogP contribution in [-0.2, 0) is 4.74 Å². The second-order valence-electron chi connectivity index (χ2n) is 3.49. The number of hydrogen-bond donors (Lipinski definition) is 0. The van der Waals surface area contributed by atoms with E-state index in [1.54, 1.807) is 18.7 Å². The van der Waals surface area contributed by atoms with Crippen molar-refractivity contribution in [2.75, 3.05) is 19.5 Å². The fourth-order valence-electron chi connectivity index (χ4n) is 1.57. The summed E-state index contributed by atoms with van der Waals surface area (Å²) in [5, 5.41) is 0. The molecule has 5 nitrogen and oxygen atoms in total. The number of ether oxygens (including phenoxy) is 2. The van der Waals surface area contributed by atoms with E-state index in [1.807, 2.05) is 13.2 Å². The zero-order valence-electron chi connectivity index (χ0n) is 10.9. The normalized spacial score (nSPS) is 10.7. The minimum absolute atomic E-state index is 0.315. The molecule has 0 aliphatic carbocycles. The van der Waals surface area contributed by atoms with Crippen LogP contribution < -0.4 is 4.74 Å². The van der Waals surface area contributed by atoms with Gasteiger partial charge in [0.1, 0.15) is 15.9 Å². The van der Waals surface area contributed by atoms with Crippen LogP contribution in [0.2, 0.25) is 0 Å². The van der Waals surface area contributed by atoms with Crippen LogP contribution in [0.5, 0.6) is 5.75 Å². The molecule has 0 saturated heterocycles. The predicted octanol–water partition coefficient (Wildman–Crippen LogP) is 2.99. The fourth-order valence-corrected chi connectivity index (χ4v) is 2.97. The molecule has 2 aromatic heterocycles. The van der Waals surface area contributed by atoms with E-state index < -0.39 is 5.97 Å². The number of nitrogens with zero attached hydrogens (tertiary/aromatic N) is 2. The van der Waals surface area contributed by atoms with Gasteiger partial charge in [-0.1, -0.05) is 23.1 Å². The van der Waals surface area contributed by atoms with Crippen molar-refractivity contribution < 1.29 is 14.3 Å². The lowest BCUT2D eigenvalue weighted by Crippen LogP contribution is -2.08. The third kappa shape index (κ3) is 2.82. The number of hydrogen-bond acceptors (Lipinski definition) is 7. The van der Waals surface area contributed by atoms with Crippen LogP contribution in [0.3, 0.4) is 0 Å². The molecule has 2 rings (SSSR count). The Hall–Kier alpha value is -1.34. The SMILES string of the molecule is CCOC(=O)c1cnc2sc(SC)nc2c1OCC. The summed E-state index contributed by atoms with van der Waals surface area (Å²) < 4.78 is 11.5. The monoisotopic (exact) mass is 298 g/mol. The topological polar surface area (TPSA) is 61.3 Å². The highest BCUT2D eigenvalue weighted by atomic mass is 32.2.